The first-order chi connectivity index (χ1) is 10.4. The molecule has 1 aliphatic rings. The minimum atomic E-state index is -1.55. The van der Waals surface area contributed by atoms with Gasteiger partial charge in [0, 0.05) is 10.8 Å². The van der Waals surface area contributed by atoms with Gasteiger partial charge in [-0.2, -0.15) is 0 Å². The second-order valence-corrected chi connectivity index (χ2v) is 6.97. The van der Waals surface area contributed by atoms with E-state index in [1.807, 2.05) is 17.5 Å². The normalized spacial score (nSPS) is 18.0. The quantitative estimate of drug-likeness (QED) is 0.505. The Morgan fingerprint density at radius 3 is 2.68 bits per heavy atom. The fourth-order valence-electron chi connectivity index (χ4n) is 1.86. The van der Waals surface area contributed by atoms with E-state index in [9.17, 15) is 24.6 Å². The SMILES string of the molecule is O=C([O-])CC[C@H](C(=O)[O-])N1C(=O)/C(=C\c2cccs2)SC1=S. The van der Waals surface area contributed by atoms with Gasteiger partial charge in [0.2, 0.25) is 0 Å². The molecule has 1 aliphatic heterocycles. The summed E-state index contributed by atoms with van der Waals surface area (Å²) in [5.74, 6) is -3.50. The van der Waals surface area contributed by atoms with Crippen molar-refractivity contribution in [1.82, 2.24) is 4.90 Å². The summed E-state index contributed by atoms with van der Waals surface area (Å²) in [6.45, 7) is 0. The van der Waals surface area contributed by atoms with Gasteiger partial charge in [-0.1, -0.05) is 30.0 Å². The van der Waals surface area contributed by atoms with E-state index in [-0.39, 0.29) is 10.7 Å². The Morgan fingerprint density at radius 1 is 1.41 bits per heavy atom. The Balaban J connectivity index is 2.22. The number of rotatable bonds is 6. The first-order valence-corrected chi connectivity index (χ1v) is 8.22. The van der Waals surface area contributed by atoms with E-state index in [4.69, 9.17) is 12.2 Å². The standard InChI is InChI=1S/C13H11NO5S3/c15-10(16)4-3-8(12(18)19)14-11(17)9(22-13(14)20)6-7-2-1-5-21-7/h1-2,5-6,8H,3-4H2,(H,15,16)(H,18,19)/p-2/b9-6+/t8-/m1/s1. The van der Waals surface area contributed by atoms with Crippen LogP contribution in [-0.4, -0.2) is 33.1 Å². The van der Waals surface area contributed by atoms with Crippen LogP contribution in [0.3, 0.4) is 0 Å². The molecule has 116 valence electrons. The largest absolute Gasteiger partial charge is 0.550 e. The Hall–Kier alpha value is -1.71. The molecule has 0 saturated carbocycles. The zero-order valence-corrected chi connectivity index (χ0v) is 13.5. The third-order valence-electron chi connectivity index (χ3n) is 2.85. The van der Waals surface area contributed by atoms with Gasteiger partial charge in [-0.25, -0.2) is 0 Å². The molecule has 2 rings (SSSR count). The number of nitrogens with zero attached hydrogens (tertiary/aromatic N) is 1. The molecule has 2 heterocycles. The molecule has 9 heteroatoms. The molecule has 22 heavy (non-hydrogen) atoms. The number of aliphatic carboxylic acids is 2. The molecule has 0 aliphatic carbocycles. The average molecular weight is 355 g/mol. The first kappa shape index (κ1) is 16.7. The maximum Gasteiger partial charge on any atom is 0.266 e. The van der Waals surface area contributed by atoms with Crippen molar-refractivity contribution in [2.45, 2.75) is 18.9 Å². The summed E-state index contributed by atoms with van der Waals surface area (Å²) < 4.78 is 0.0698. The summed E-state index contributed by atoms with van der Waals surface area (Å²) >= 11 is 7.45. The first-order valence-electron chi connectivity index (χ1n) is 6.11. The molecule has 0 aromatic carbocycles. The number of carboxylic acids is 2. The molecule has 1 aromatic heterocycles. The summed E-state index contributed by atoms with van der Waals surface area (Å²) in [5.41, 5.74) is 0. The van der Waals surface area contributed by atoms with Crippen LogP contribution in [0.25, 0.3) is 6.08 Å². The fourth-order valence-corrected chi connectivity index (χ4v) is 3.94. The zero-order chi connectivity index (χ0) is 16.3. The molecule has 6 nitrogen and oxygen atoms in total. The second-order valence-electron chi connectivity index (χ2n) is 4.31. The van der Waals surface area contributed by atoms with Gasteiger partial charge < -0.3 is 19.8 Å². The Bertz CT molecular complexity index is 653. The van der Waals surface area contributed by atoms with Gasteiger partial charge >= 0.3 is 0 Å². The maximum absolute atomic E-state index is 12.3. The number of carbonyl (C=O) groups is 3. The highest BCUT2D eigenvalue weighted by molar-refractivity contribution is 8.26. The molecule has 0 bridgehead atoms. The lowest BCUT2D eigenvalue weighted by atomic mass is 10.1. The van der Waals surface area contributed by atoms with Gasteiger partial charge in [0.15, 0.2) is 0 Å². The predicted octanol–water partition coefficient (Wildman–Crippen LogP) is -0.402. The fraction of sp³-hybridized carbons (Fsp3) is 0.231. The predicted molar refractivity (Wildman–Crippen MR) is 82.4 cm³/mol. The van der Waals surface area contributed by atoms with E-state index in [0.29, 0.717) is 4.91 Å². The zero-order valence-electron chi connectivity index (χ0n) is 11.0. The smallest absolute Gasteiger partial charge is 0.266 e. The Morgan fingerprint density at radius 2 is 2.14 bits per heavy atom. The van der Waals surface area contributed by atoms with E-state index in [2.05, 4.69) is 0 Å². The number of hydrogen-bond donors (Lipinski definition) is 0. The molecule has 1 amide bonds. The summed E-state index contributed by atoms with van der Waals surface area (Å²) in [5, 5.41) is 23.6. The lowest BCUT2D eigenvalue weighted by molar-refractivity contribution is -0.311. The molecular formula is C13H9NO5S3-2. The van der Waals surface area contributed by atoms with Crippen molar-refractivity contribution in [1.29, 1.82) is 0 Å². The number of amides is 1. The van der Waals surface area contributed by atoms with E-state index in [0.717, 1.165) is 21.5 Å². The van der Waals surface area contributed by atoms with Crippen molar-refractivity contribution < 1.29 is 24.6 Å². The molecule has 1 aromatic rings. The van der Waals surface area contributed by atoms with Gasteiger partial charge in [-0.3, -0.25) is 9.69 Å². The molecular weight excluding hydrogens is 346 g/mol. The van der Waals surface area contributed by atoms with E-state index in [1.54, 1.807) is 6.08 Å². The van der Waals surface area contributed by atoms with Crippen molar-refractivity contribution >= 4 is 63.6 Å². The molecule has 0 radical (unpaired) electrons. The minimum absolute atomic E-state index is 0.0698. The number of carbonyl (C=O) groups excluding carboxylic acids is 3. The van der Waals surface area contributed by atoms with Crippen molar-refractivity contribution in [2.75, 3.05) is 0 Å². The topological polar surface area (TPSA) is 101 Å². The van der Waals surface area contributed by atoms with Gasteiger partial charge in [0.1, 0.15) is 4.32 Å². The van der Waals surface area contributed by atoms with Gasteiger partial charge in [0.05, 0.1) is 16.9 Å². The van der Waals surface area contributed by atoms with Crippen molar-refractivity contribution in [3.63, 3.8) is 0 Å². The summed E-state index contributed by atoms with van der Waals surface area (Å²) in [7, 11) is 0. The molecule has 1 atom stereocenters. The molecule has 1 fully saturated rings. The van der Waals surface area contributed by atoms with Gasteiger partial charge in [-0.05, 0) is 30.4 Å². The van der Waals surface area contributed by atoms with Crippen LogP contribution in [0.1, 0.15) is 17.7 Å². The van der Waals surface area contributed by atoms with Crippen LogP contribution in [0.2, 0.25) is 0 Å². The van der Waals surface area contributed by atoms with E-state index in [1.165, 1.54) is 11.3 Å². The minimum Gasteiger partial charge on any atom is -0.550 e. The van der Waals surface area contributed by atoms with Crippen molar-refractivity contribution in [2.24, 2.45) is 0 Å². The molecule has 0 N–H and O–H groups in total. The molecule has 0 spiro atoms. The highest BCUT2D eigenvalue weighted by atomic mass is 32.2. The number of thiophene rings is 1. The summed E-state index contributed by atoms with van der Waals surface area (Å²) in [4.78, 5) is 36.1. The van der Waals surface area contributed by atoms with Crippen molar-refractivity contribution in [3.05, 3.63) is 27.3 Å². The molecule has 0 unspecified atom stereocenters. The highest BCUT2D eigenvalue weighted by Gasteiger charge is 2.37. The number of carboxylic acid groups (broad SMARTS) is 2. The average Bonchev–Trinajstić information content (AvgIpc) is 3.02. The van der Waals surface area contributed by atoms with Crippen molar-refractivity contribution in [3.8, 4) is 0 Å². The Labute approximate surface area is 139 Å². The van der Waals surface area contributed by atoms with Crippen LogP contribution in [-0.2, 0) is 14.4 Å². The lowest BCUT2D eigenvalue weighted by Crippen LogP contribution is -2.50. The van der Waals surface area contributed by atoms with E-state index >= 15 is 0 Å². The summed E-state index contributed by atoms with van der Waals surface area (Å²) in [6.07, 6.45) is 0.804. The van der Waals surface area contributed by atoms with Crippen LogP contribution in [0, 0.1) is 0 Å². The highest BCUT2D eigenvalue weighted by Crippen LogP contribution is 2.35. The maximum atomic E-state index is 12.3. The third kappa shape index (κ3) is 3.73. The third-order valence-corrected chi connectivity index (χ3v) is 5.00. The monoisotopic (exact) mass is 355 g/mol. The Kier molecular flexibility index (Phi) is 5.33. The lowest BCUT2D eigenvalue weighted by Gasteiger charge is -2.27. The van der Waals surface area contributed by atoms with Crippen LogP contribution in [0.5, 0.6) is 0 Å². The number of hydrogen-bond acceptors (Lipinski definition) is 8. The van der Waals surface area contributed by atoms with Crippen LogP contribution in [0.4, 0.5) is 0 Å². The van der Waals surface area contributed by atoms with Crippen LogP contribution < -0.4 is 10.2 Å². The molecule has 1 saturated heterocycles. The van der Waals surface area contributed by atoms with Crippen LogP contribution in [0.15, 0.2) is 22.4 Å². The van der Waals surface area contributed by atoms with Gasteiger partial charge in [0.25, 0.3) is 5.91 Å². The number of thioether (sulfide) groups is 1. The summed E-state index contributed by atoms with van der Waals surface area (Å²) in [6, 6.07) is 2.21. The number of thiocarbonyl (C=S) groups is 1. The van der Waals surface area contributed by atoms with Crippen LogP contribution >= 0.6 is 35.3 Å². The van der Waals surface area contributed by atoms with Gasteiger partial charge in [-0.15, -0.1) is 11.3 Å². The van der Waals surface area contributed by atoms with E-state index < -0.39 is 30.3 Å². The second kappa shape index (κ2) is 7.03.